The molecule has 162 valence electrons. The monoisotopic (exact) mass is 429 g/mol. The number of hydrogen-bond donors (Lipinski definition) is 0. The third kappa shape index (κ3) is 2.62. The number of nitrogens with zero attached hydrogens (tertiary/aromatic N) is 1. The molecule has 0 aromatic heterocycles. The van der Waals surface area contributed by atoms with Crippen molar-refractivity contribution >= 4 is 21.9 Å². The summed E-state index contributed by atoms with van der Waals surface area (Å²) in [6, 6.07) is 6.16. The van der Waals surface area contributed by atoms with Gasteiger partial charge in [-0.1, -0.05) is 32.1 Å². The Labute approximate surface area is 179 Å². The molecular formula is C24H31NO4S. The van der Waals surface area contributed by atoms with E-state index in [9.17, 15) is 13.2 Å². The summed E-state index contributed by atoms with van der Waals surface area (Å²) in [6.07, 6.45) is 8.17. The summed E-state index contributed by atoms with van der Waals surface area (Å²) in [5.41, 5.74) is 1.43. The number of sulfonamides is 1. The van der Waals surface area contributed by atoms with Crippen LogP contribution in [-0.2, 0) is 20.2 Å². The van der Waals surface area contributed by atoms with E-state index < -0.39 is 15.4 Å². The normalized spacial score (nSPS) is 31.4. The van der Waals surface area contributed by atoms with E-state index in [0.29, 0.717) is 25.4 Å². The summed E-state index contributed by atoms with van der Waals surface area (Å²) < 4.78 is 33.8. The minimum absolute atomic E-state index is 0.0149. The maximum Gasteiger partial charge on any atom is 0.215 e. The van der Waals surface area contributed by atoms with E-state index >= 15 is 0 Å². The Morgan fingerprint density at radius 3 is 2.50 bits per heavy atom. The van der Waals surface area contributed by atoms with Crippen LogP contribution in [0.2, 0.25) is 0 Å². The van der Waals surface area contributed by atoms with Crippen molar-refractivity contribution in [1.82, 2.24) is 4.31 Å². The molecule has 0 radical (unpaired) electrons. The second-order valence-electron chi connectivity index (χ2n) is 10.3. The van der Waals surface area contributed by atoms with Crippen LogP contribution in [0.4, 0.5) is 0 Å². The second-order valence-corrected chi connectivity index (χ2v) is 12.2. The topological polar surface area (TPSA) is 63.7 Å². The molecule has 4 aliphatic rings. The number of benzene rings is 1. The number of hydrogen-bond acceptors (Lipinski definition) is 4. The number of piperidine rings is 1. The van der Waals surface area contributed by atoms with E-state index in [-0.39, 0.29) is 22.4 Å². The Kier molecular flexibility index (Phi) is 4.34. The molecule has 1 aromatic carbocycles. The standard InChI is InChI=1S/C24H31NO4S/c1-22(2)18-7-9-24(22,21(26)15-18)16-30(27,28)25-12-10-23(11-13-25)8-6-17-14-19(29-3)4-5-20(17)23/h4-6,8,14,18H,7,9-13,15-16H2,1-3H3/t18?,24-/m1/s1. The van der Waals surface area contributed by atoms with Crippen molar-refractivity contribution in [2.45, 2.75) is 51.4 Å². The number of Topliss-reactive ketones (excluding diaryl/α,β-unsaturated/α-hetero) is 1. The number of fused-ring (bicyclic) bond motifs is 4. The maximum absolute atomic E-state index is 13.4. The number of ketones is 1. The molecule has 1 saturated heterocycles. The molecule has 1 heterocycles. The summed E-state index contributed by atoms with van der Waals surface area (Å²) in [5, 5.41) is 0. The van der Waals surface area contributed by atoms with E-state index in [1.54, 1.807) is 11.4 Å². The Morgan fingerprint density at radius 2 is 1.90 bits per heavy atom. The molecule has 1 unspecified atom stereocenters. The summed E-state index contributed by atoms with van der Waals surface area (Å²) in [7, 11) is -1.81. The van der Waals surface area contributed by atoms with E-state index in [0.717, 1.165) is 31.4 Å². The lowest BCUT2D eigenvalue weighted by Crippen LogP contribution is -2.50. The predicted octanol–water partition coefficient (Wildman–Crippen LogP) is 3.78. The first-order valence-corrected chi connectivity index (χ1v) is 12.6. The third-order valence-corrected chi connectivity index (χ3v) is 11.0. The average Bonchev–Trinajstić information content (AvgIpc) is 3.24. The molecule has 2 bridgehead atoms. The molecule has 0 N–H and O–H groups in total. The van der Waals surface area contributed by atoms with Gasteiger partial charge in [-0.15, -0.1) is 0 Å². The smallest absolute Gasteiger partial charge is 0.215 e. The van der Waals surface area contributed by atoms with Crippen molar-refractivity contribution in [2.75, 3.05) is 26.0 Å². The highest BCUT2D eigenvalue weighted by Crippen LogP contribution is 2.64. The zero-order valence-corrected chi connectivity index (χ0v) is 18.9. The molecular weight excluding hydrogens is 398 g/mol. The van der Waals surface area contributed by atoms with Gasteiger partial charge >= 0.3 is 0 Å². The Morgan fingerprint density at radius 1 is 1.17 bits per heavy atom. The first-order chi connectivity index (χ1) is 14.1. The highest BCUT2D eigenvalue weighted by molar-refractivity contribution is 7.89. The van der Waals surface area contributed by atoms with Gasteiger partial charge in [-0.3, -0.25) is 4.79 Å². The van der Waals surface area contributed by atoms with Crippen LogP contribution in [0.15, 0.2) is 24.3 Å². The summed E-state index contributed by atoms with van der Waals surface area (Å²) in [4.78, 5) is 12.8. The Bertz CT molecular complexity index is 1030. The summed E-state index contributed by atoms with van der Waals surface area (Å²) >= 11 is 0. The van der Waals surface area contributed by atoms with Gasteiger partial charge < -0.3 is 4.74 Å². The molecule has 30 heavy (non-hydrogen) atoms. The van der Waals surface area contributed by atoms with Crippen molar-refractivity contribution in [1.29, 1.82) is 0 Å². The molecule has 3 fully saturated rings. The molecule has 2 atom stereocenters. The minimum atomic E-state index is -3.48. The quantitative estimate of drug-likeness (QED) is 0.731. The van der Waals surface area contributed by atoms with E-state index in [2.05, 4.69) is 32.1 Å². The van der Waals surface area contributed by atoms with Gasteiger partial charge in [0.25, 0.3) is 0 Å². The van der Waals surface area contributed by atoms with Gasteiger partial charge in [0.2, 0.25) is 10.0 Å². The minimum Gasteiger partial charge on any atom is -0.497 e. The number of rotatable bonds is 4. The van der Waals surface area contributed by atoms with Crippen LogP contribution in [0.1, 0.15) is 57.1 Å². The molecule has 3 aliphatic carbocycles. The van der Waals surface area contributed by atoms with Crippen LogP contribution in [-0.4, -0.2) is 44.5 Å². The van der Waals surface area contributed by atoms with Crippen LogP contribution < -0.4 is 4.74 Å². The highest BCUT2D eigenvalue weighted by atomic mass is 32.2. The summed E-state index contributed by atoms with van der Waals surface area (Å²) in [6.45, 7) is 5.22. The second kappa shape index (κ2) is 6.42. The Balaban J connectivity index is 1.34. The van der Waals surface area contributed by atoms with Crippen LogP contribution in [0, 0.1) is 16.7 Å². The van der Waals surface area contributed by atoms with Crippen molar-refractivity contribution in [3.8, 4) is 5.75 Å². The third-order valence-electron chi connectivity index (χ3n) is 8.95. The zero-order valence-electron chi connectivity index (χ0n) is 18.1. The molecule has 5 rings (SSSR count). The number of carbonyl (C=O) groups excluding carboxylic acids is 1. The lowest BCUT2D eigenvalue weighted by Gasteiger charge is -2.41. The van der Waals surface area contributed by atoms with Gasteiger partial charge in [-0.2, -0.15) is 0 Å². The number of allylic oxidation sites excluding steroid dienone is 1. The first-order valence-electron chi connectivity index (χ1n) is 11.0. The summed E-state index contributed by atoms with van der Waals surface area (Å²) in [5.74, 6) is 1.33. The molecule has 5 nitrogen and oxygen atoms in total. The number of carbonyl (C=O) groups is 1. The van der Waals surface area contributed by atoms with Crippen molar-refractivity contribution in [3.05, 3.63) is 35.4 Å². The van der Waals surface area contributed by atoms with Crippen molar-refractivity contribution in [2.24, 2.45) is 16.7 Å². The Hall–Kier alpha value is -1.66. The largest absolute Gasteiger partial charge is 0.497 e. The zero-order chi connectivity index (χ0) is 21.4. The molecule has 1 spiro atoms. The fourth-order valence-corrected chi connectivity index (χ4v) is 8.93. The first kappa shape index (κ1) is 20.3. The van der Waals surface area contributed by atoms with Gasteiger partial charge in [0.1, 0.15) is 11.5 Å². The van der Waals surface area contributed by atoms with E-state index in [1.165, 1.54) is 11.1 Å². The average molecular weight is 430 g/mol. The van der Waals surface area contributed by atoms with Gasteiger partial charge in [0, 0.05) is 30.3 Å². The molecule has 0 amide bonds. The van der Waals surface area contributed by atoms with Gasteiger partial charge in [-0.05, 0) is 60.3 Å². The lowest BCUT2D eigenvalue weighted by atomic mass is 9.70. The molecule has 1 aliphatic heterocycles. The molecule has 1 aromatic rings. The maximum atomic E-state index is 13.4. The molecule has 2 saturated carbocycles. The lowest BCUT2D eigenvalue weighted by molar-refractivity contribution is -0.128. The van der Waals surface area contributed by atoms with Gasteiger partial charge in [0.05, 0.1) is 12.9 Å². The van der Waals surface area contributed by atoms with Crippen LogP contribution >= 0.6 is 0 Å². The van der Waals surface area contributed by atoms with Crippen LogP contribution in [0.5, 0.6) is 5.75 Å². The van der Waals surface area contributed by atoms with Crippen molar-refractivity contribution < 1.29 is 17.9 Å². The fraction of sp³-hybridized carbons (Fsp3) is 0.625. The van der Waals surface area contributed by atoms with Gasteiger partial charge in [0.15, 0.2) is 0 Å². The highest BCUT2D eigenvalue weighted by Gasteiger charge is 2.65. The fourth-order valence-electron chi connectivity index (χ4n) is 6.71. The predicted molar refractivity (Wildman–Crippen MR) is 117 cm³/mol. The van der Waals surface area contributed by atoms with Crippen LogP contribution in [0.3, 0.4) is 0 Å². The SMILES string of the molecule is COc1ccc2c(c1)C=CC21CCN(S(=O)(=O)C[C@]23CCC(CC2=O)C3(C)C)CC1. The van der Waals surface area contributed by atoms with Crippen LogP contribution in [0.25, 0.3) is 6.08 Å². The molecule has 6 heteroatoms. The number of methoxy groups -OCH3 is 1. The van der Waals surface area contributed by atoms with E-state index in [4.69, 9.17) is 4.74 Å². The number of ether oxygens (including phenoxy) is 1. The van der Waals surface area contributed by atoms with Crippen molar-refractivity contribution in [3.63, 3.8) is 0 Å². The van der Waals surface area contributed by atoms with Gasteiger partial charge in [-0.25, -0.2) is 12.7 Å². The van der Waals surface area contributed by atoms with E-state index in [1.807, 2.05) is 12.1 Å².